The van der Waals surface area contributed by atoms with Crippen LogP contribution in [0, 0.1) is 19.3 Å². The summed E-state index contributed by atoms with van der Waals surface area (Å²) in [5.41, 5.74) is 5.43. The van der Waals surface area contributed by atoms with E-state index in [2.05, 4.69) is 0 Å². The van der Waals surface area contributed by atoms with Crippen LogP contribution in [0.1, 0.15) is 23.6 Å². The summed E-state index contributed by atoms with van der Waals surface area (Å²) < 4.78 is 26.3. The highest BCUT2D eigenvalue weighted by molar-refractivity contribution is 7.89. The van der Waals surface area contributed by atoms with E-state index in [1.54, 1.807) is 13.1 Å². The van der Waals surface area contributed by atoms with Gasteiger partial charge in [0.15, 0.2) is 0 Å². The predicted molar refractivity (Wildman–Crippen MR) is 76.4 cm³/mol. The van der Waals surface area contributed by atoms with Gasteiger partial charge in [-0.25, -0.2) is 12.7 Å². The number of rotatable bonds is 5. The Bertz CT molecular complexity index is 518. The summed E-state index contributed by atoms with van der Waals surface area (Å²) in [4.78, 5) is 2.27. The van der Waals surface area contributed by atoms with Crippen LogP contribution in [-0.2, 0) is 10.0 Å². The van der Waals surface area contributed by atoms with Crippen molar-refractivity contribution >= 4 is 21.4 Å². The van der Waals surface area contributed by atoms with Crippen molar-refractivity contribution in [2.45, 2.75) is 32.6 Å². The Kier molecular flexibility index (Phi) is 4.59. The van der Waals surface area contributed by atoms with Gasteiger partial charge in [0.05, 0.1) is 4.90 Å². The molecule has 4 nitrogen and oxygen atoms in total. The van der Waals surface area contributed by atoms with Crippen molar-refractivity contribution in [3.63, 3.8) is 0 Å². The van der Waals surface area contributed by atoms with Gasteiger partial charge in [0.1, 0.15) is 0 Å². The molecule has 0 fully saturated rings. The summed E-state index contributed by atoms with van der Waals surface area (Å²) in [6.07, 6.45) is 0. The molecule has 0 unspecified atom stereocenters. The summed E-state index contributed by atoms with van der Waals surface area (Å²) >= 11 is 1.51. The third-order valence-corrected chi connectivity index (χ3v) is 5.91. The van der Waals surface area contributed by atoms with E-state index in [0.29, 0.717) is 18.0 Å². The molecule has 18 heavy (non-hydrogen) atoms. The van der Waals surface area contributed by atoms with Crippen LogP contribution < -0.4 is 5.73 Å². The molecule has 104 valence electrons. The predicted octanol–water partition coefficient (Wildman–Crippen LogP) is 1.97. The summed E-state index contributed by atoms with van der Waals surface area (Å²) in [5, 5.41) is 0. The van der Waals surface area contributed by atoms with Gasteiger partial charge in [0.2, 0.25) is 10.0 Å². The fourth-order valence-corrected chi connectivity index (χ4v) is 4.66. The number of nitrogens with two attached hydrogens (primary N) is 1. The Morgan fingerprint density at radius 2 is 1.94 bits per heavy atom. The summed E-state index contributed by atoms with van der Waals surface area (Å²) in [6.45, 7) is 8.55. The molecule has 2 N–H and O–H groups in total. The standard InChI is InChI=1S/C12H22N2O2S2/c1-9-6-11(10(2)17-9)18(15,16)14(5)8-12(3,4)7-13/h6H,7-8,13H2,1-5H3. The highest BCUT2D eigenvalue weighted by Gasteiger charge is 2.29. The van der Waals surface area contributed by atoms with Crippen LogP contribution in [0.25, 0.3) is 0 Å². The van der Waals surface area contributed by atoms with Crippen molar-refractivity contribution in [1.29, 1.82) is 0 Å². The van der Waals surface area contributed by atoms with Gasteiger partial charge in [-0.3, -0.25) is 0 Å². The molecule has 0 radical (unpaired) electrons. The average molecular weight is 290 g/mol. The Hall–Kier alpha value is -0.430. The summed E-state index contributed by atoms with van der Waals surface area (Å²) in [6, 6.07) is 1.74. The maximum Gasteiger partial charge on any atom is 0.243 e. The molecule has 0 bridgehead atoms. The Labute approximate surface area is 114 Å². The second kappa shape index (κ2) is 5.28. The van der Waals surface area contributed by atoms with Crippen LogP contribution >= 0.6 is 11.3 Å². The fraction of sp³-hybridized carbons (Fsp3) is 0.667. The average Bonchev–Trinajstić information content (AvgIpc) is 2.57. The molecule has 0 saturated carbocycles. The fourth-order valence-electron chi connectivity index (χ4n) is 1.78. The molecular formula is C12H22N2O2S2. The van der Waals surface area contributed by atoms with E-state index in [0.717, 1.165) is 9.75 Å². The summed E-state index contributed by atoms with van der Waals surface area (Å²) in [5.74, 6) is 0. The first-order chi connectivity index (χ1) is 8.10. The van der Waals surface area contributed by atoms with Gasteiger partial charge >= 0.3 is 0 Å². The Morgan fingerprint density at radius 3 is 2.33 bits per heavy atom. The lowest BCUT2D eigenvalue weighted by Gasteiger charge is -2.28. The highest BCUT2D eigenvalue weighted by atomic mass is 32.2. The van der Waals surface area contributed by atoms with Crippen LogP contribution in [0.3, 0.4) is 0 Å². The zero-order valence-corrected chi connectivity index (χ0v) is 13.3. The van der Waals surface area contributed by atoms with E-state index in [1.165, 1.54) is 15.6 Å². The van der Waals surface area contributed by atoms with Crippen LogP contribution in [0.15, 0.2) is 11.0 Å². The van der Waals surface area contributed by atoms with E-state index in [4.69, 9.17) is 5.73 Å². The number of thiophene rings is 1. The van der Waals surface area contributed by atoms with Gasteiger partial charge in [-0.15, -0.1) is 11.3 Å². The Morgan fingerprint density at radius 1 is 1.39 bits per heavy atom. The van der Waals surface area contributed by atoms with Crippen molar-refractivity contribution in [2.75, 3.05) is 20.1 Å². The van der Waals surface area contributed by atoms with Crippen molar-refractivity contribution in [2.24, 2.45) is 11.1 Å². The molecule has 1 aromatic rings. The molecule has 0 amide bonds. The highest BCUT2D eigenvalue weighted by Crippen LogP contribution is 2.28. The molecule has 0 saturated heterocycles. The lowest BCUT2D eigenvalue weighted by atomic mass is 9.94. The molecule has 6 heteroatoms. The van der Waals surface area contributed by atoms with Crippen molar-refractivity contribution < 1.29 is 8.42 Å². The third kappa shape index (κ3) is 3.32. The Balaban J connectivity index is 3.04. The summed E-state index contributed by atoms with van der Waals surface area (Å²) in [7, 11) is -1.79. The van der Waals surface area contributed by atoms with Crippen molar-refractivity contribution in [1.82, 2.24) is 4.31 Å². The molecule has 1 heterocycles. The molecule has 0 aliphatic heterocycles. The van der Waals surface area contributed by atoms with E-state index < -0.39 is 10.0 Å². The lowest BCUT2D eigenvalue weighted by Crippen LogP contribution is -2.39. The van der Waals surface area contributed by atoms with E-state index in [9.17, 15) is 8.42 Å². The largest absolute Gasteiger partial charge is 0.330 e. The van der Waals surface area contributed by atoms with Gasteiger partial charge in [-0.1, -0.05) is 13.8 Å². The van der Waals surface area contributed by atoms with Crippen molar-refractivity contribution in [3.8, 4) is 0 Å². The minimum absolute atomic E-state index is 0.221. The zero-order valence-electron chi connectivity index (χ0n) is 11.6. The lowest BCUT2D eigenvalue weighted by molar-refractivity contribution is 0.292. The van der Waals surface area contributed by atoms with E-state index in [1.807, 2.05) is 27.7 Å². The van der Waals surface area contributed by atoms with E-state index in [-0.39, 0.29) is 5.41 Å². The first-order valence-electron chi connectivity index (χ1n) is 5.83. The van der Waals surface area contributed by atoms with Crippen molar-refractivity contribution in [3.05, 3.63) is 15.8 Å². The third-order valence-electron chi connectivity index (χ3n) is 2.89. The SMILES string of the molecule is Cc1cc(S(=O)(=O)N(C)CC(C)(C)CN)c(C)s1. The minimum Gasteiger partial charge on any atom is -0.330 e. The zero-order chi connectivity index (χ0) is 14.1. The van der Waals surface area contributed by atoms with Gasteiger partial charge in [-0.05, 0) is 31.9 Å². The maximum atomic E-state index is 12.5. The molecule has 0 atom stereocenters. The molecule has 0 aliphatic carbocycles. The quantitative estimate of drug-likeness (QED) is 0.902. The normalized spacial score (nSPS) is 13.3. The van der Waals surface area contributed by atoms with Gasteiger partial charge in [-0.2, -0.15) is 0 Å². The smallest absolute Gasteiger partial charge is 0.243 e. The van der Waals surface area contributed by atoms with Crippen LogP contribution in [-0.4, -0.2) is 32.9 Å². The molecule has 0 spiro atoms. The first kappa shape index (κ1) is 15.6. The van der Waals surface area contributed by atoms with Crippen LogP contribution in [0.4, 0.5) is 0 Å². The number of nitrogens with zero attached hydrogens (tertiary/aromatic N) is 1. The van der Waals surface area contributed by atoms with Crippen LogP contribution in [0.5, 0.6) is 0 Å². The second-order valence-electron chi connectivity index (χ2n) is 5.41. The van der Waals surface area contributed by atoms with Gasteiger partial charge in [0, 0.05) is 23.3 Å². The molecule has 0 aromatic carbocycles. The van der Waals surface area contributed by atoms with Gasteiger partial charge in [0.25, 0.3) is 0 Å². The van der Waals surface area contributed by atoms with Crippen LogP contribution in [0.2, 0.25) is 0 Å². The number of sulfonamides is 1. The maximum absolute atomic E-state index is 12.5. The number of hydrogen-bond acceptors (Lipinski definition) is 4. The topological polar surface area (TPSA) is 63.4 Å². The monoisotopic (exact) mass is 290 g/mol. The van der Waals surface area contributed by atoms with E-state index >= 15 is 0 Å². The number of hydrogen-bond donors (Lipinski definition) is 1. The van der Waals surface area contributed by atoms with Gasteiger partial charge < -0.3 is 5.73 Å². The molecular weight excluding hydrogens is 268 g/mol. The molecule has 1 rings (SSSR count). The first-order valence-corrected chi connectivity index (χ1v) is 8.09. The molecule has 0 aliphatic rings. The molecule has 1 aromatic heterocycles. The second-order valence-corrected chi connectivity index (χ2v) is 8.88. The minimum atomic E-state index is -3.40. The number of aryl methyl sites for hydroxylation is 2.